The molecule has 2 rings (SSSR count). The van der Waals surface area contributed by atoms with Gasteiger partial charge in [-0.1, -0.05) is 6.07 Å². The minimum Gasteiger partial charge on any atom is -0.478 e. The van der Waals surface area contributed by atoms with Gasteiger partial charge in [0.1, 0.15) is 0 Å². The fourth-order valence-corrected chi connectivity index (χ4v) is 3.83. The molecule has 0 radical (unpaired) electrons. The van der Waals surface area contributed by atoms with Gasteiger partial charge in [-0.2, -0.15) is 4.31 Å². The van der Waals surface area contributed by atoms with Gasteiger partial charge < -0.3 is 10.0 Å². The van der Waals surface area contributed by atoms with Gasteiger partial charge in [-0.05, 0) is 38.7 Å². The van der Waals surface area contributed by atoms with Gasteiger partial charge in [-0.15, -0.1) is 0 Å². The topological polar surface area (TPSA) is 77.9 Å². The second-order valence-corrected chi connectivity index (χ2v) is 7.04. The number of aromatic carboxylic acids is 1. The molecule has 1 atom stereocenters. The smallest absolute Gasteiger partial charge is 0.335 e. The monoisotopic (exact) mass is 298 g/mol. The van der Waals surface area contributed by atoms with Gasteiger partial charge in [0.05, 0.1) is 10.5 Å². The Kier molecular flexibility index (Phi) is 4.12. The minimum atomic E-state index is -3.62. The van der Waals surface area contributed by atoms with Crippen molar-refractivity contribution in [1.82, 2.24) is 9.21 Å². The van der Waals surface area contributed by atoms with E-state index in [1.165, 1.54) is 28.6 Å². The van der Waals surface area contributed by atoms with Crippen LogP contribution in [0.5, 0.6) is 0 Å². The van der Waals surface area contributed by atoms with Crippen LogP contribution in [-0.4, -0.2) is 61.9 Å². The van der Waals surface area contributed by atoms with Crippen molar-refractivity contribution >= 4 is 16.0 Å². The standard InChI is InChI=1S/C13H18N2O4S/c1-14(2)11-6-7-15(9-11)20(18,19)12-5-3-4-10(8-12)13(16)17/h3-5,8,11H,6-7,9H2,1-2H3,(H,16,17). The van der Waals surface area contributed by atoms with Crippen LogP contribution in [0.25, 0.3) is 0 Å². The van der Waals surface area contributed by atoms with Crippen molar-refractivity contribution in [2.24, 2.45) is 0 Å². The summed E-state index contributed by atoms with van der Waals surface area (Å²) in [6.45, 7) is 0.898. The first-order valence-corrected chi connectivity index (χ1v) is 7.76. The highest BCUT2D eigenvalue weighted by molar-refractivity contribution is 7.89. The lowest BCUT2D eigenvalue weighted by Crippen LogP contribution is -2.34. The van der Waals surface area contributed by atoms with Gasteiger partial charge in [-0.25, -0.2) is 13.2 Å². The van der Waals surface area contributed by atoms with Gasteiger partial charge in [0.15, 0.2) is 0 Å². The molecule has 1 aliphatic heterocycles. The highest BCUT2D eigenvalue weighted by atomic mass is 32.2. The normalized spacial score (nSPS) is 20.4. The van der Waals surface area contributed by atoms with Crippen molar-refractivity contribution in [2.45, 2.75) is 17.4 Å². The Hall–Kier alpha value is -1.44. The predicted octanol–water partition coefficient (Wildman–Crippen LogP) is 0.709. The molecule has 1 fully saturated rings. The molecule has 1 aromatic carbocycles. The van der Waals surface area contributed by atoms with Crippen LogP contribution in [0.4, 0.5) is 0 Å². The number of hydrogen-bond acceptors (Lipinski definition) is 4. The third kappa shape index (κ3) is 2.84. The van der Waals surface area contributed by atoms with E-state index in [1.807, 2.05) is 19.0 Å². The first-order valence-electron chi connectivity index (χ1n) is 6.32. The van der Waals surface area contributed by atoms with Crippen LogP contribution >= 0.6 is 0 Å². The molecule has 6 nitrogen and oxygen atoms in total. The van der Waals surface area contributed by atoms with Crippen LogP contribution < -0.4 is 0 Å². The van der Waals surface area contributed by atoms with Crippen molar-refractivity contribution in [3.8, 4) is 0 Å². The first-order chi connectivity index (χ1) is 9.32. The summed E-state index contributed by atoms with van der Waals surface area (Å²) in [7, 11) is 0.227. The van der Waals surface area contributed by atoms with E-state index in [1.54, 1.807) is 0 Å². The maximum absolute atomic E-state index is 12.5. The fourth-order valence-electron chi connectivity index (χ4n) is 2.29. The summed E-state index contributed by atoms with van der Waals surface area (Å²) < 4.78 is 26.4. The lowest BCUT2D eigenvalue weighted by molar-refractivity contribution is 0.0696. The molecule has 0 spiro atoms. The van der Waals surface area contributed by atoms with Crippen LogP contribution in [0.3, 0.4) is 0 Å². The summed E-state index contributed by atoms with van der Waals surface area (Å²) in [4.78, 5) is 13.0. The summed E-state index contributed by atoms with van der Waals surface area (Å²) in [6, 6.07) is 5.68. The number of rotatable bonds is 4. The van der Waals surface area contributed by atoms with E-state index in [9.17, 15) is 13.2 Å². The molecule has 1 aromatic rings. The van der Waals surface area contributed by atoms with Crippen LogP contribution in [0.15, 0.2) is 29.2 Å². The predicted molar refractivity (Wildman–Crippen MR) is 74.3 cm³/mol. The zero-order chi connectivity index (χ0) is 14.9. The lowest BCUT2D eigenvalue weighted by Gasteiger charge is -2.20. The van der Waals surface area contributed by atoms with Crippen molar-refractivity contribution < 1.29 is 18.3 Å². The van der Waals surface area contributed by atoms with E-state index in [0.29, 0.717) is 13.1 Å². The van der Waals surface area contributed by atoms with Crippen molar-refractivity contribution in [1.29, 1.82) is 0 Å². The molecule has 0 saturated carbocycles. The quantitative estimate of drug-likeness (QED) is 0.886. The number of hydrogen-bond donors (Lipinski definition) is 1. The van der Waals surface area contributed by atoms with Crippen molar-refractivity contribution in [3.63, 3.8) is 0 Å². The van der Waals surface area contributed by atoms with Crippen LogP contribution in [-0.2, 0) is 10.0 Å². The number of likely N-dealkylation sites (N-methyl/N-ethyl adjacent to an activating group) is 1. The molecular formula is C13H18N2O4S. The Morgan fingerprint density at radius 1 is 1.40 bits per heavy atom. The van der Waals surface area contributed by atoms with E-state index in [-0.39, 0.29) is 16.5 Å². The van der Waals surface area contributed by atoms with Gasteiger partial charge in [0, 0.05) is 19.1 Å². The average molecular weight is 298 g/mol. The molecule has 20 heavy (non-hydrogen) atoms. The zero-order valence-corrected chi connectivity index (χ0v) is 12.3. The summed E-state index contributed by atoms with van der Waals surface area (Å²) in [5, 5.41) is 8.94. The SMILES string of the molecule is CN(C)C1CCN(S(=O)(=O)c2cccc(C(=O)O)c2)C1. The Morgan fingerprint density at radius 3 is 2.65 bits per heavy atom. The fraction of sp³-hybridized carbons (Fsp3) is 0.462. The number of carboxylic acids is 1. The lowest BCUT2D eigenvalue weighted by atomic mass is 10.2. The Labute approximate surface area is 118 Å². The third-order valence-electron chi connectivity index (χ3n) is 3.58. The number of sulfonamides is 1. The number of carbonyl (C=O) groups is 1. The van der Waals surface area contributed by atoms with E-state index in [0.717, 1.165) is 6.42 Å². The molecular weight excluding hydrogens is 280 g/mol. The molecule has 1 heterocycles. The van der Waals surface area contributed by atoms with Crippen molar-refractivity contribution in [3.05, 3.63) is 29.8 Å². The van der Waals surface area contributed by atoms with Crippen molar-refractivity contribution in [2.75, 3.05) is 27.2 Å². The summed E-state index contributed by atoms with van der Waals surface area (Å²) in [6.07, 6.45) is 0.783. The van der Waals surface area contributed by atoms with Gasteiger partial charge in [0.2, 0.25) is 10.0 Å². The molecule has 0 bridgehead atoms. The minimum absolute atomic E-state index is 0.0190. The largest absolute Gasteiger partial charge is 0.478 e. The van der Waals surface area contributed by atoms with E-state index < -0.39 is 16.0 Å². The van der Waals surface area contributed by atoms with Gasteiger partial charge in [0.25, 0.3) is 0 Å². The second kappa shape index (κ2) is 5.51. The summed E-state index contributed by atoms with van der Waals surface area (Å²) in [5.41, 5.74) is -0.0190. The Balaban J connectivity index is 2.27. The molecule has 110 valence electrons. The van der Waals surface area contributed by atoms with Crippen LogP contribution in [0.1, 0.15) is 16.8 Å². The highest BCUT2D eigenvalue weighted by Gasteiger charge is 2.33. The molecule has 0 aromatic heterocycles. The summed E-state index contributed by atoms with van der Waals surface area (Å²) >= 11 is 0. The number of nitrogens with zero attached hydrogens (tertiary/aromatic N) is 2. The van der Waals surface area contributed by atoms with Gasteiger partial charge >= 0.3 is 5.97 Å². The number of benzene rings is 1. The maximum Gasteiger partial charge on any atom is 0.335 e. The molecule has 1 saturated heterocycles. The molecule has 0 aliphatic carbocycles. The highest BCUT2D eigenvalue weighted by Crippen LogP contribution is 2.23. The Bertz CT molecular complexity index is 613. The molecule has 1 aliphatic rings. The summed E-state index contributed by atoms with van der Waals surface area (Å²) in [5.74, 6) is -1.13. The third-order valence-corrected chi connectivity index (χ3v) is 5.44. The van der Waals surface area contributed by atoms with Gasteiger partial charge in [-0.3, -0.25) is 0 Å². The van der Waals surface area contributed by atoms with E-state index >= 15 is 0 Å². The first kappa shape index (κ1) is 15.0. The molecule has 1 unspecified atom stereocenters. The molecule has 7 heteroatoms. The second-order valence-electron chi connectivity index (χ2n) is 5.10. The van der Waals surface area contributed by atoms with E-state index in [2.05, 4.69) is 0 Å². The maximum atomic E-state index is 12.5. The zero-order valence-electron chi connectivity index (χ0n) is 11.5. The van der Waals surface area contributed by atoms with Crippen LogP contribution in [0.2, 0.25) is 0 Å². The average Bonchev–Trinajstić information content (AvgIpc) is 2.89. The van der Waals surface area contributed by atoms with E-state index in [4.69, 9.17) is 5.11 Å². The molecule has 1 N–H and O–H groups in total. The molecule has 0 amide bonds. The Morgan fingerprint density at radius 2 is 2.10 bits per heavy atom. The van der Waals surface area contributed by atoms with Crippen LogP contribution in [0, 0.1) is 0 Å². The number of carboxylic acid groups (broad SMARTS) is 1.